The first-order chi connectivity index (χ1) is 16.2. The Balaban J connectivity index is 1.98. The van der Waals surface area contributed by atoms with Gasteiger partial charge in [0.2, 0.25) is 5.91 Å². The third-order valence-electron chi connectivity index (χ3n) is 5.39. The molecule has 0 aliphatic rings. The normalized spacial score (nSPS) is 12.0. The molecule has 0 bridgehead atoms. The van der Waals surface area contributed by atoms with Gasteiger partial charge < -0.3 is 5.73 Å². The summed E-state index contributed by atoms with van der Waals surface area (Å²) in [6.45, 7) is 3.28. The maximum absolute atomic E-state index is 13.6. The fourth-order valence-corrected chi connectivity index (χ4v) is 4.55. The summed E-state index contributed by atoms with van der Waals surface area (Å²) in [4.78, 5) is 55.2. The van der Waals surface area contributed by atoms with Crippen LogP contribution >= 0.6 is 11.8 Å². The first-order valence-corrected chi connectivity index (χ1v) is 11.2. The van der Waals surface area contributed by atoms with Crippen LogP contribution in [0.4, 0.5) is 4.79 Å². The second-order valence-electron chi connectivity index (χ2n) is 7.58. The number of thioether (sulfide) groups is 1. The third kappa shape index (κ3) is 4.01. The lowest BCUT2D eigenvalue weighted by atomic mass is 10.2. The number of fused-ring (bicyclic) bond motifs is 1. The summed E-state index contributed by atoms with van der Waals surface area (Å²) in [7, 11) is 1.72. The molecule has 2 aromatic carbocycles. The van der Waals surface area contributed by atoms with Crippen LogP contribution in [0, 0.1) is 6.92 Å². The molecule has 3 N–H and O–H groups in total. The Morgan fingerprint density at radius 2 is 1.68 bits per heavy atom. The number of nitrogens with two attached hydrogens (primary N) is 1. The van der Waals surface area contributed by atoms with Crippen molar-refractivity contribution in [3.05, 3.63) is 81.0 Å². The fraction of sp³-hybridized carbons (Fsp3) is 0.174. The number of para-hydroxylation sites is 2. The van der Waals surface area contributed by atoms with Crippen molar-refractivity contribution in [1.82, 2.24) is 24.2 Å². The van der Waals surface area contributed by atoms with Crippen LogP contribution in [0.5, 0.6) is 0 Å². The minimum atomic E-state index is -0.981. The van der Waals surface area contributed by atoms with E-state index in [0.29, 0.717) is 22.3 Å². The van der Waals surface area contributed by atoms with Crippen molar-refractivity contribution in [3.8, 4) is 11.4 Å². The number of carbonyl (C=O) groups excluding carboxylic acids is 2. The lowest BCUT2D eigenvalue weighted by Gasteiger charge is -2.15. The van der Waals surface area contributed by atoms with Crippen molar-refractivity contribution < 1.29 is 9.59 Å². The summed E-state index contributed by atoms with van der Waals surface area (Å²) in [6.07, 6.45) is 0. The number of urea groups is 1. The van der Waals surface area contributed by atoms with Crippen LogP contribution in [0.25, 0.3) is 22.3 Å². The SMILES string of the molecule is Cc1c(-n2c(S[C@H](C)C(=O)NC(N)=O)nc3ccccc3c2=O)c(=O)n(-c2ccccc2)n1C. The number of amides is 3. The van der Waals surface area contributed by atoms with Crippen LogP contribution < -0.4 is 22.2 Å². The van der Waals surface area contributed by atoms with E-state index in [0.717, 1.165) is 11.8 Å². The second-order valence-corrected chi connectivity index (χ2v) is 8.88. The highest BCUT2D eigenvalue weighted by Gasteiger charge is 2.26. The monoisotopic (exact) mass is 478 g/mol. The highest BCUT2D eigenvalue weighted by atomic mass is 32.2. The van der Waals surface area contributed by atoms with Gasteiger partial charge in [-0.1, -0.05) is 42.1 Å². The molecule has 0 saturated heterocycles. The van der Waals surface area contributed by atoms with Crippen LogP contribution in [0.3, 0.4) is 0 Å². The highest BCUT2D eigenvalue weighted by Crippen LogP contribution is 2.26. The second kappa shape index (κ2) is 9.02. The predicted octanol–water partition coefficient (Wildman–Crippen LogP) is 1.86. The fourth-order valence-electron chi connectivity index (χ4n) is 3.63. The van der Waals surface area contributed by atoms with Gasteiger partial charge in [-0.25, -0.2) is 19.0 Å². The summed E-state index contributed by atoms with van der Waals surface area (Å²) in [5.41, 5.74) is 5.91. The Morgan fingerprint density at radius 1 is 1.03 bits per heavy atom. The van der Waals surface area contributed by atoms with Gasteiger partial charge in [0, 0.05) is 7.05 Å². The lowest BCUT2D eigenvalue weighted by Crippen LogP contribution is -2.39. The van der Waals surface area contributed by atoms with Gasteiger partial charge in [-0.05, 0) is 38.1 Å². The first kappa shape index (κ1) is 23.1. The minimum Gasteiger partial charge on any atom is -0.351 e. The molecule has 10 nitrogen and oxygen atoms in total. The van der Waals surface area contributed by atoms with Gasteiger partial charge >= 0.3 is 6.03 Å². The van der Waals surface area contributed by atoms with E-state index in [1.54, 1.807) is 62.0 Å². The van der Waals surface area contributed by atoms with Gasteiger partial charge in [0.25, 0.3) is 11.1 Å². The van der Waals surface area contributed by atoms with Crippen LogP contribution in [0.1, 0.15) is 12.6 Å². The molecule has 0 radical (unpaired) electrons. The van der Waals surface area contributed by atoms with E-state index in [2.05, 4.69) is 4.98 Å². The molecule has 2 heterocycles. The van der Waals surface area contributed by atoms with Crippen LogP contribution in [-0.2, 0) is 11.8 Å². The molecule has 4 aromatic rings. The average molecular weight is 479 g/mol. The van der Waals surface area contributed by atoms with Crippen molar-refractivity contribution in [2.24, 2.45) is 12.8 Å². The summed E-state index contributed by atoms with van der Waals surface area (Å²) in [5, 5.41) is 1.67. The molecule has 0 spiro atoms. The Bertz CT molecular complexity index is 1540. The Hall–Kier alpha value is -4.12. The smallest absolute Gasteiger partial charge is 0.318 e. The molecule has 4 rings (SSSR count). The number of hydrogen-bond acceptors (Lipinski definition) is 6. The van der Waals surface area contributed by atoms with E-state index in [-0.39, 0.29) is 10.8 Å². The van der Waals surface area contributed by atoms with Gasteiger partial charge in [0.15, 0.2) is 5.16 Å². The summed E-state index contributed by atoms with van der Waals surface area (Å²) in [6, 6.07) is 14.8. The number of imide groups is 1. The van der Waals surface area contributed by atoms with Gasteiger partial charge in [-0.15, -0.1) is 0 Å². The number of benzene rings is 2. The van der Waals surface area contributed by atoms with Crippen LogP contribution in [0.2, 0.25) is 0 Å². The van der Waals surface area contributed by atoms with E-state index >= 15 is 0 Å². The van der Waals surface area contributed by atoms with E-state index in [1.807, 2.05) is 23.5 Å². The number of hydrogen-bond donors (Lipinski definition) is 2. The van der Waals surface area contributed by atoms with Crippen molar-refractivity contribution in [2.75, 3.05) is 0 Å². The highest BCUT2D eigenvalue weighted by molar-refractivity contribution is 8.00. The maximum Gasteiger partial charge on any atom is 0.318 e. The number of primary amides is 1. The Morgan fingerprint density at radius 3 is 2.35 bits per heavy atom. The molecular formula is C23H22N6O4S. The molecule has 1 atom stereocenters. The van der Waals surface area contributed by atoms with Crippen LogP contribution in [0.15, 0.2) is 69.3 Å². The molecule has 0 aliphatic carbocycles. The number of carbonyl (C=O) groups is 2. The van der Waals surface area contributed by atoms with Gasteiger partial charge in [-0.3, -0.25) is 24.4 Å². The quantitative estimate of drug-likeness (QED) is 0.332. The van der Waals surface area contributed by atoms with Crippen molar-refractivity contribution in [1.29, 1.82) is 0 Å². The molecule has 0 saturated carbocycles. The minimum absolute atomic E-state index is 0.125. The number of rotatable bonds is 5. The standard InChI is InChI=1S/C23H22N6O4S/c1-13-18(21(32)29(27(13)3)15-9-5-4-6-10-15)28-20(31)16-11-7-8-12-17(16)25-23(28)34-14(2)19(30)26-22(24)33/h4-12,14H,1-3H3,(H3,24,26,30,33)/t14-/m1/s1. The zero-order chi connectivity index (χ0) is 24.6. The van der Waals surface area contributed by atoms with Crippen molar-refractivity contribution in [3.63, 3.8) is 0 Å². The van der Waals surface area contributed by atoms with E-state index in [1.165, 1.54) is 9.25 Å². The summed E-state index contributed by atoms with van der Waals surface area (Å²) in [5.74, 6) is -0.641. The van der Waals surface area contributed by atoms with E-state index in [9.17, 15) is 19.2 Å². The van der Waals surface area contributed by atoms with E-state index in [4.69, 9.17) is 5.73 Å². The number of nitrogens with one attached hydrogen (secondary N) is 1. The molecule has 0 aliphatic heterocycles. The zero-order valence-corrected chi connectivity index (χ0v) is 19.5. The predicted molar refractivity (Wildman–Crippen MR) is 130 cm³/mol. The Labute approximate surface area is 198 Å². The van der Waals surface area contributed by atoms with E-state index < -0.39 is 28.3 Å². The summed E-state index contributed by atoms with van der Waals surface area (Å²) < 4.78 is 4.36. The summed E-state index contributed by atoms with van der Waals surface area (Å²) >= 11 is 0.947. The maximum atomic E-state index is 13.6. The number of aromatic nitrogens is 4. The molecule has 0 unspecified atom stereocenters. The molecule has 11 heteroatoms. The lowest BCUT2D eigenvalue weighted by molar-refractivity contribution is -0.119. The van der Waals surface area contributed by atoms with Crippen molar-refractivity contribution in [2.45, 2.75) is 24.3 Å². The van der Waals surface area contributed by atoms with Gasteiger partial charge in [-0.2, -0.15) is 0 Å². The largest absolute Gasteiger partial charge is 0.351 e. The Kier molecular flexibility index (Phi) is 6.12. The molecule has 174 valence electrons. The molecule has 2 aromatic heterocycles. The average Bonchev–Trinajstić information content (AvgIpc) is 3.02. The van der Waals surface area contributed by atoms with Crippen LogP contribution in [-0.4, -0.2) is 36.1 Å². The zero-order valence-electron chi connectivity index (χ0n) is 18.7. The topological polar surface area (TPSA) is 134 Å². The van der Waals surface area contributed by atoms with Crippen molar-refractivity contribution >= 4 is 34.6 Å². The number of nitrogens with zero attached hydrogens (tertiary/aromatic N) is 4. The first-order valence-electron chi connectivity index (χ1n) is 10.3. The third-order valence-corrected chi connectivity index (χ3v) is 6.44. The molecular weight excluding hydrogens is 456 g/mol. The molecule has 34 heavy (non-hydrogen) atoms. The van der Waals surface area contributed by atoms with Gasteiger partial charge in [0.05, 0.1) is 27.5 Å². The molecule has 0 fully saturated rings. The molecule has 3 amide bonds. The van der Waals surface area contributed by atoms with Gasteiger partial charge in [0.1, 0.15) is 5.69 Å².